The van der Waals surface area contributed by atoms with E-state index in [4.69, 9.17) is 9.47 Å². The van der Waals surface area contributed by atoms with Gasteiger partial charge in [-0.15, -0.1) is 0 Å². The van der Waals surface area contributed by atoms with E-state index >= 15 is 0 Å². The highest BCUT2D eigenvalue weighted by Crippen LogP contribution is 2.47. The largest absolute Gasteiger partial charge is 0.490 e. The van der Waals surface area contributed by atoms with Gasteiger partial charge in [0, 0.05) is 19.5 Å². The van der Waals surface area contributed by atoms with Gasteiger partial charge in [0.2, 0.25) is 11.8 Å². The number of nitrogens with zero attached hydrogens (tertiary/aromatic N) is 2. The summed E-state index contributed by atoms with van der Waals surface area (Å²) in [5.74, 6) is 1.62. The molecule has 1 spiro atoms. The molecule has 0 bridgehead atoms. The minimum atomic E-state index is -0.390. The monoisotopic (exact) mass is 386 g/mol. The summed E-state index contributed by atoms with van der Waals surface area (Å²) in [7, 11) is 0. The van der Waals surface area contributed by atoms with E-state index in [1.165, 1.54) is 16.0 Å². The number of fused-ring (bicyclic) bond motifs is 1. The van der Waals surface area contributed by atoms with Crippen molar-refractivity contribution in [2.45, 2.75) is 58.9 Å². The lowest BCUT2D eigenvalue weighted by Gasteiger charge is -2.32. The predicted octanol–water partition coefficient (Wildman–Crippen LogP) is 3.12. The fourth-order valence-electron chi connectivity index (χ4n) is 4.93. The third kappa shape index (κ3) is 3.39. The molecule has 2 aliphatic heterocycles. The Morgan fingerprint density at radius 3 is 2.29 bits per heavy atom. The fraction of sp³-hybridized carbons (Fsp3) is 0.636. The zero-order chi connectivity index (χ0) is 19.7. The van der Waals surface area contributed by atoms with Gasteiger partial charge in [-0.1, -0.05) is 12.8 Å². The Bertz CT molecular complexity index is 770. The SMILES string of the molecule is CCOc1cc2c(cc1OCC)CN(CN1C(=O)CC3(CCCC3)C1=O)CC2. The minimum absolute atomic E-state index is 0.000559. The molecule has 6 heteroatoms. The van der Waals surface area contributed by atoms with Crippen molar-refractivity contribution in [3.63, 3.8) is 0 Å². The van der Waals surface area contributed by atoms with Crippen LogP contribution >= 0.6 is 0 Å². The first-order valence-electron chi connectivity index (χ1n) is 10.5. The van der Waals surface area contributed by atoms with Gasteiger partial charge in [0.15, 0.2) is 11.5 Å². The van der Waals surface area contributed by atoms with Gasteiger partial charge in [0.05, 0.1) is 25.3 Å². The van der Waals surface area contributed by atoms with Crippen molar-refractivity contribution in [1.29, 1.82) is 0 Å². The number of carbonyl (C=O) groups is 2. The van der Waals surface area contributed by atoms with Crippen molar-refractivity contribution >= 4 is 11.8 Å². The molecule has 152 valence electrons. The molecule has 1 aliphatic carbocycles. The molecule has 1 saturated heterocycles. The van der Waals surface area contributed by atoms with Gasteiger partial charge in [-0.2, -0.15) is 0 Å². The summed E-state index contributed by atoms with van der Waals surface area (Å²) < 4.78 is 11.5. The highest BCUT2D eigenvalue weighted by molar-refractivity contribution is 6.06. The van der Waals surface area contributed by atoms with E-state index < -0.39 is 0 Å². The quantitative estimate of drug-likeness (QED) is 0.703. The first kappa shape index (κ1) is 19.2. The Balaban J connectivity index is 1.49. The highest BCUT2D eigenvalue weighted by Gasteiger charge is 2.52. The number of hydrogen-bond donors (Lipinski definition) is 0. The Morgan fingerprint density at radius 2 is 1.64 bits per heavy atom. The van der Waals surface area contributed by atoms with Crippen molar-refractivity contribution in [3.05, 3.63) is 23.3 Å². The van der Waals surface area contributed by atoms with Crippen LogP contribution in [-0.4, -0.2) is 48.0 Å². The molecule has 0 unspecified atom stereocenters. The summed E-state index contributed by atoms with van der Waals surface area (Å²) in [6.07, 6.45) is 5.15. The molecule has 2 heterocycles. The zero-order valence-corrected chi connectivity index (χ0v) is 17.0. The van der Waals surface area contributed by atoms with Gasteiger partial charge in [0.1, 0.15) is 0 Å². The molecular formula is C22H30N2O4. The third-order valence-corrected chi connectivity index (χ3v) is 6.35. The summed E-state index contributed by atoms with van der Waals surface area (Å²) in [6, 6.07) is 4.14. The minimum Gasteiger partial charge on any atom is -0.490 e. The topological polar surface area (TPSA) is 59.1 Å². The lowest BCUT2D eigenvalue weighted by molar-refractivity contribution is -0.144. The predicted molar refractivity (Wildman–Crippen MR) is 105 cm³/mol. The molecule has 0 atom stereocenters. The van der Waals surface area contributed by atoms with E-state index in [9.17, 15) is 9.59 Å². The van der Waals surface area contributed by atoms with Crippen molar-refractivity contribution in [1.82, 2.24) is 9.80 Å². The smallest absolute Gasteiger partial charge is 0.237 e. The number of ether oxygens (including phenoxy) is 2. The van der Waals surface area contributed by atoms with Crippen LogP contribution in [0.15, 0.2) is 12.1 Å². The average Bonchev–Trinajstić information content (AvgIpc) is 3.23. The van der Waals surface area contributed by atoms with E-state index in [1.807, 2.05) is 13.8 Å². The standard InChI is InChI=1S/C22H30N2O4/c1-3-27-18-11-16-7-10-23(14-17(16)12-19(18)28-4-2)15-24-20(25)13-22(21(24)26)8-5-6-9-22/h11-12H,3-10,13-15H2,1-2H3. The summed E-state index contributed by atoms with van der Waals surface area (Å²) in [6.45, 7) is 7.06. The molecule has 0 N–H and O–H groups in total. The number of benzene rings is 1. The lowest BCUT2D eigenvalue weighted by Crippen LogP contribution is -2.44. The average molecular weight is 386 g/mol. The van der Waals surface area contributed by atoms with Crippen LogP contribution in [-0.2, 0) is 22.6 Å². The molecule has 1 aromatic rings. The van der Waals surface area contributed by atoms with Crippen LogP contribution in [0, 0.1) is 5.41 Å². The molecule has 0 radical (unpaired) electrons. The van der Waals surface area contributed by atoms with Crippen LogP contribution in [0.25, 0.3) is 0 Å². The first-order chi connectivity index (χ1) is 13.6. The van der Waals surface area contributed by atoms with E-state index in [0.717, 1.165) is 50.1 Å². The molecule has 1 aromatic carbocycles. The number of amides is 2. The Kier molecular flexibility index (Phi) is 5.32. The number of rotatable bonds is 6. The fourth-order valence-corrected chi connectivity index (χ4v) is 4.93. The molecule has 2 amide bonds. The second kappa shape index (κ2) is 7.74. The second-order valence-electron chi connectivity index (χ2n) is 8.17. The molecular weight excluding hydrogens is 356 g/mol. The van der Waals surface area contributed by atoms with Gasteiger partial charge in [0.25, 0.3) is 0 Å². The van der Waals surface area contributed by atoms with Crippen molar-refractivity contribution in [3.8, 4) is 11.5 Å². The zero-order valence-electron chi connectivity index (χ0n) is 17.0. The molecule has 3 aliphatic rings. The van der Waals surface area contributed by atoms with Crippen LogP contribution in [0.2, 0.25) is 0 Å². The summed E-state index contributed by atoms with van der Waals surface area (Å²) in [5.41, 5.74) is 2.06. The van der Waals surface area contributed by atoms with E-state index in [-0.39, 0.29) is 17.2 Å². The van der Waals surface area contributed by atoms with Crippen LogP contribution in [0.3, 0.4) is 0 Å². The second-order valence-corrected chi connectivity index (χ2v) is 8.17. The molecule has 28 heavy (non-hydrogen) atoms. The maximum Gasteiger partial charge on any atom is 0.237 e. The van der Waals surface area contributed by atoms with Crippen LogP contribution in [0.5, 0.6) is 11.5 Å². The summed E-state index contributed by atoms with van der Waals surface area (Å²) in [4.78, 5) is 29.2. The van der Waals surface area contributed by atoms with Crippen LogP contribution < -0.4 is 9.47 Å². The van der Waals surface area contributed by atoms with Gasteiger partial charge < -0.3 is 9.47 Å². The van der Waals surface area contributed by atoms with Crippen molar-refractivity contribution in [2.75, 3.05) is 26.4 Å². The van der Waals surface area contributed by atoms with Gasteiger partial charge >= 0.3 is 0 Å². The van der Waals surface area contributed by atoms with Gasteiger partial charge in [-0.3, -0.25) is 19.4 Å². The normalized spacial score (nSPS) is 21.4. The van der Waals surface area contributed by atoms with E-state index in [2.05, 4.69) is 17.0 Å². The maximum atomic E-state index is 13.0. The Hall–Kier alpha value is -2.08. The number of hydrogen-bond acceptors (Lipinski definition) is 5. The van der Waals surface area contributed by atoms with Crippen LogP contribution in [0.4, 0.5) is 0 Å². The van der Waals surface area contributed by atoms with Crippen molar-refractivity contribution < 1.29 is 19.1 Å². The summed E-state index contributed by atoms with van der Waals surface area (Å²) >= 11 is 0. The van der Waals surface area contributed by atoms with E-state index in [0.29, 0.717) is 32.8 Å². The molecule has 1 saturated carbocycles. The number of imide groups is 1. The first-order valence-corrected chi connectivity index (χ1v) is 10.5. The molecule has 6 nitrogen and oxygen atoms in total. The third-order valence-electron chi connectivity index (χ3n) is 6.35. The van der Waals surface area contributed by atoms with Gasteiger partial charge in [-0.05, 0) is 56.4 Å². The number of carbonyl (C=O) groups excluding carboxylic acids is 2. The molecule has 0 aromatic heterocycles. The van der Waals surface area contributed by atoms with Gasteiger partial charge in [-0.25, -0.2) is 0 Å². The highest BCUT2D eigenvalue weighted by atomic mass is 16.5. The maximum absolute atomic E-state index is 13.0. The number of likely N-dealkylation sites (tertiary alicyclic amines) is 1. The Morgan fingerprint density at radius 1 is 1.00 bits per heavy atom. The molecule has 2 fully saturated rings. The van der Waals surface area contributed by atoms with Crippen molar-refractivity contribution in [2.24, 2.45) is 5.41 Å². The Labute approximate surface area is 166 Å². The molecule has 4 rings (SSSR count). The van der Waals surface area contributed by atoms with Crippen LogP contribution in [0.1, 0.15) is 57.1 Å². The summed E-state index contributed by atoms with van der Waals surface area (Å²) in [5, 5.41) is 0. The van der Waals surface area contributed by atoms with E-state index in [1.54, 1.807) is 0 Å². The lowest BCUT2D eigenvalue weighted by atomic mass is 9.85.